The van der Waals surface area contributed by atoms with E-state index in [1.54, 1.807) is 18.0 Å². The van der Waals surface area contributed by atoms with Crippen LogP contribution in [0.5, 0.6) is 5.75 Å². The Bertz CT molecular complexity index is 1160. The summed E-state index contributed by atoms with van der Waals surface area (Å²) < 4.78 is 16.4. The maximum absolute atomic E-state index is 12.5. The highest BCUT2D eigenvalue weighted by molar-refractivity contribution is 5.94. The normalized spacial score (nSPS) is 19.3. The van der Waals surface area contributed by atoms with E-state index in [1.807, 2.05) is 30.3 Å². The molecule has 2 aliphatic heterocycles. The SMILES string of the molecule is CC(=O)NC[C@@H]1OC(=O)N2c3ccc(-c4ccc(-c5noc(C)n5)nc4)cc3OC[C@@H]12. The number of ether oxygens (including phenoxy) is 2. The second kappa shape index (κ2) is 7.38. The number of nitrogens with one attached hydrogen (secondary N) is 1. The fourth-order valence-electron chi connectivity index (χ4n) is 3.73. The molecule has 0 saturated carbocycles. The van der Waals surface area contributed by atoms with Gasteiger partial charge in [-0.2, -0.15) is 4.98 Å². The summed E-state index contributed by atoms with van der Waals surface area (Å²) in [5.41, 5.74) is 3.03. The van der Waals surface area contributed by atoms with Gasteiger partial charge in [0.05, 0.1) is 12.2 Å². The quantitative estimate of drug-likeness (QED) is 0.682. The molecular formula is C21H19N5O5. The largest absolute Gasteiger partial charge is 0.489 e. The zero-order valence-electron chi connectivity index (χ0n) is 16.9. The van der Waals surface area contributed by atoms with E-state index in [2.05, 4.69) is 20.4 Å². The molecule has 1 saturated heterocycles. The molecule has 0 spiro atoms. The summed E-state index contributed by atoms with van der Waals surface area (Å²) in [6, 6.07) is 9.03. The van der Waals surface area contributed by atoms with Crippen molar-refractivity contribution < 1.29 is 23.6 Å². The molecule has 2 aromatic heterocycles. The molecule has 1 aromatic carbocycles. The highest BCUT2D eigenvalue weighted by Crippen LogP contribution is 2.41. The molecule has 5 rings (SSSR count). The van der Waals surface area contributed by atoms with Crippen molar-refractivity contribution in [1.29, 1.82) is 0 Å². The molecule has 2 atom stereocenters. The molecule has 10 heteroatoms. The Balaban J connectivity index is 1.38. The van der Waals surface area contributed by atoms with Crippen molar-refractivity contribution in [3.8, 4) is 28.4 Å². The molecule has 3 aromatic rings. The Morgan fingerprint density at radius 2 is 2.10 bits per heavy atom. The van der Waals surface area contributed by atoms with E-state index in [1.165, 1.54) is 6.92 Å². The van der Waals surface area contributed by atoms with Gasteiger partial charge in [0.25, 0.3) is 0 Å². The van der Waals surface area contributed by atoms with Crippen LogP contribution in [0.3, 0.4) is 0 Å². The molecular weight excluding hydrogens is 402 g/mol. The van der Waals surface area contributed by atoms with Gasteiger partial charge in [0.15, 0.2) is 0 Å². The van der Waals surface area contributed by atoms with E-state index in [-0.39, 0.29) is 25.1 Å². The highest BCUT2D eigenvalue weighted by Gasteiger charge is 2.46. The molecule has 1 N–H and O–H groups in total. The summed E-state index contributed by atoms with van der Waals surface area (Å²) in [5.74, 6) is 1.32. The van der Waals surface area contributed by atoms with Gasteiger partial charge in [-0.05, 0) is 23.8 Å². The number of cyclic esters (lactones) is 1. The first-order chi connectivity index (χ1) is 15.0. The standard InChI is InChI=1S/C21H19N5O5/c1-11(27)22-9-19-17-10-29-18-7-13(4-6-16(18)26(17)21(28)30-19)14-3-5-15(23-8-14)20-24-12(2)31-25-20/h3-8,17,19H,9-10H2,1-2H3,(H,22,27)/t17-,19-/m0/s1. The minimum absolute atomic E-state index is 0.176. The van der Waals surface area contributed by atoms with Crippen molar-refractivity contribution in [2.45, 2.75) is 26.0 Å². The van der Waals surface area contributed by atoms with E-state index < -0.39 is 12.2 Å². The van der Waals surface area contributed by atoms with Crippen LogP contribution in [0.4, 0.5) is 10.5 Å². The number of hydrogen-bond donors (Lipinski definition) is 1. The minimum atomic E-state index is -0.463. The summed E-state index contributed by atoms with van der Waals surface area (Å²) in [5, 5.41) is 6.56. The van der Waals surface area contributed by atoms with Crippen LogP contribution in [-0.4, -0.2) is 52.4 Å². The van der Waals surface area contributed by atoms with Crippen LogP contribution >= 0.6 is 0 Å². The van der Waals surface area contributed by atoms with Gasteiger partial charge in [0.2, 0.25) is 17.6 Å². The average Bonchev–Trinajstić information content (AvgIpc) is 3.35. The Labute approximate surface area is 177 Å². The van der Waals surface area contributed by atoms with Crippen molar-refractivity contribution >= 4 is 17.7 Å². The summed E-state index contributed by atoms with van der Waals surface area (Å²) in [4.78, 5) is 33.8. The van der Waals surface area contributed by atoms with Crippen LogP contribution < -0.4 is 15.0 Å². The number of carbonyl (C=O) groups excluding carboxylic acids is 2. The van der Waals surface area contributed by atoms with Crippen molar-refractivity contribution in [2.75, 3.05) is 18.1 Å². The molecule has 158 valence electrons. The van der Waals surface area contributed by atoms with E-state index in [0.29, 0.717) is 28.8 Å². The van der Waals surface area contributed by atoms with Gasteiger partial charge >= 0.3 is 6.09 Å². The number of benzene rings is 1. The van der Waals surface area contributed by atoms with Crippen LogP contribution in [0.25, 0.3) is 22.6 Å². The fraction of sp³-hybridized carbons (Fsp3) is 0.286. The maximum atomic E-state index is 12.5. The van der Waals surface area contributed by atoms with Crippen molar-refractivity contribution in [3.63, 3.8) is 0 Å². The molecule has 0 radical (unpaired) electrons. The summed E-state index contributed by atoms with van der Waals surface area (Å²) in [6.45, 7) is 3.67. The summed E-state index contributed by atoms with van der Waals surface area (Å²) in [6.07, 6.45) is 0.816. The Hall–Kier alpha value is -3.95. The number of fused-ring (bicyclic) bond motifs is 3. The zero-order valence-corrected chi connectivity index (χ0v) is 16.9. The van der Waals surface area contributed by atoms with Crippen LogP contribution in [0, 0.1) is 6.92 Å². The van der Waals surface area contributed by atoms with Crippen molar-refractivity contribution in [1.82, 2.24) is 20.4 Å². The number of aromatic nitrogens is 3. The number of aryl methyl sites for hydroxylation is 1. The van der Waals surface area contributed by atoms with Gasteiger partial charge in [-0.1, -0.05) is 17.3 Å². The number of anilines is 1. The number of hydrogen-bond acceptors (Lipinski definition) is 8. The van der Waals surface area contributed by atoms with Gasteiger partial charge in [0, 0.05) is 25.6 Å². The monoisotopic (exact) mass is 421 g/mol. The van der Waals surface area contributed by atoms with E-state index in [4.69, 9.17) is 14.0 Å². The minimum Gasteiger partial charge on any atom is -0.489 e. The maximum Gasteiger partial charge on any atom is 0.415 e. The third-order valence-corrected chi connectivity index (χ3v) is 5.24. The first-order valence-corrected chi connectivity index (χ1v) is 9.78. The summed E-state index contributed by atoms with van der Waals surface area (Å²) in [7, 11) is 0. The number of amides is 2. The van der Waals surface area contributed by atoms with Crippen LogP contribution in [0.15, 0.2) is 41.1 Å². The average molecular weight is 421 g/mol. The smallest absolute Gasteiger partial charge is 0.415 e. The van der Waals surface area contributed by atoms with E-state index in [9.17, 15) is 9.59 Å². The second-order valence-corrected chi connectivity index (χ2v) is 7.36. The zero-order chi connectivity index (χ0) is 21.5. The number of carbonyl (C=O) groups is 2. The van der Waals surface area contributed by atoms with Gasteiger partial charge < -0.3 is 19.3 Å². The molecule has 1 fully saturated rings. The predicted octanol–water partition coefficient (Wildman–Crippen LogP) is 2.33. The Morgan fingerprint density at radius 1 is 1.26 bits per heavy atom. The van der Waals surface area contributed by atoms with E-state index in [0.717, 1.165) is 11.1 Å². The molecule has 10 nitrogen and oxygen atoms in total. The Kier molecular flexibility index (Phi) is 4.54. The van der Waals surface area contributed by atoms with Gasteiger partial charge in [-0.25, -0.2) is 4.79 Å². The predicted molar refractivity (Wildman–Crippen MR) is 108 cm³/mol. The molecule has 0 unspecified atom stereocenters. The lowest BCUT2D eigenvalue weighted by Gasteiger charge is -2.31. The van der Waals surface area contributed by atoms with Gasteiger partial charge in [-0.15, -0.1) is 0 Å². The molecule has 2 amide bonds. The third kappa shape index (κ3) is 3.45. The topological polar surface area (TPSA) is 120 Å². The molecule has 2 aliphatic rings. The fourth-order valence-corrected chi connectivity index (χ4v) is 3.73. The molecule has 0 bridgehead atoms. The van der Waals surface area contributed by atoms with Crippen molar-refractivity contribution in [3.05, 3.63) is 42.4 Å². The first-order valence-electron chi connectivity index (χ1n) is 9.78. The van der Waals surface area contributed by atoms with Gasteiger partial charge in [0.1, 0.15) is 30.2 Å². The highest BCUT2D eigenvalue weighted by atomic mass is 16.6. The number of rotatable bonds is 4. The van der Waals surface area contributed by atoms with E-state index >= 15 is 0 Å². The summed E-state index contributed by atoms with van der Waals surface area (Å²) >= 11 is 0. The van der Waals surface area contributed by atoms with Crippen molar-refractivity contribution in [2.24, 2.45) is 0 Å². The number of nitrogens with zero attached hydrogens (tertiary/aromatic N) is 4. The molecule has 31 heavy (non-hydrogen) atoms. The second-order valence-electron chi connectivity index (χ2n) is 7.36. The van der Waals surface area contributed by atoms with Crippen LogP contribution in [0.2, 0.25) is 0 Å². The lowest BCUT2D eigenvalue weighted by atomic mass is 10.0. The molecule has 4 heterocycles. The lowest BCUT2D eigenvalue weighted by molar-refractivity contribution is -0.119. The molecule has 0 aliphatic carbocycles. The Morgan fingerprint density at radius 3 is 2.81 bits per heavy atom. The lowest BCUT2D eigenvalue weighted by Crippen LogP contribution is -2.47. The van der Waals surface area contributed by atoms with Crippen LogP contribution in [-0.2, 0) is 9.53 Å². The van der Waals surface area contributed by atoms with Gasteiger partial charge in [-0.3, -0.25) is 14.7 Å². The first kappa shape index (κ1) is 19.0. The van der Waals surface area contributed by atoms with Crippen LogP contribution in [0.1, 0.15) is 12.8 Å². The number of pyridine rings is 1. The third-order valence-electron chi connectivity index (χ3n) is 5.24.